The molecule has 0 aromatic heterocycles. The summed E-state index contributed by atoms with van der Waals surface area (Å²) in [4.78, 5) is 12.3. The second kappa shape index (κ2) is 6.73. The van der Waals surface area contributed by atoms with Crippen molar-refractivity contribution >= 4 is 14.0 Å². The second-order valence-electron chi connectivity index (χ2n) is 7.88. The SMILES string of the molecule is CC(C)[Si](/C=C1\OC(=O)C2=C1CCCCC2)(C(C)C)C(C)C. The molecule has 0 bridgehead atoms. The summed E-state index contributed by atoms with van der Waals surface area (Å²) >= 11 is 0. The van der Waals surface area contributed by atoms with Crippen LogP contribution in [0.25, 0.3) is 0 Å². The summed E-state index contributed by atoms with van der Waals surface area (Å²) in [5.74, 6) is 0.868. The fourth-order valence-electron chi connectivity index (χ4n) is 4.65. The van der Waals surface area contributed by atoms with Crippen molar-refractivity contribution < 1.29 is 9.53 Å². The molecule has 0 aromatic rings. The number of cyclic esters (lactones) is 1. The molecule has 0 aromatic carbocycles. The van der Waals surface area contributed by atoms with Gasteiger partial charge in [-0.1, -0.05) is 53.7 Å². The van der Waals surface area contributed by atoms with Crippen LogP contribution in [0.5, 0.6) is 0 Å². The van der Waals surface area contributed by atoms with E-state index >= 15 is 0 Å². The number of carbonyl (C=O) groups is 1. The molecule has 0 radical (unpaired) electrons. The van der Waals surface area contributed by atoms with E-state index in [1.165, 1.54) is 18.4 Å². The van der Waals surface area contributed by atoms with Crippen molar-refractivity contribution in [2.45, 2.75) is 90.3 Å². The first kappa shape index (κ1) is 17.5. The molecule has 22 heavy (non-hydrogen) atoms. The van der Waals surface area contributed by atoms with Crippen LogP contribution in [-0.4, -0.2) is 14.0 Å². The van der Waals surface area contributed by atoms with Gasteiger partial charge in [0.1, 0.15) is 5.76 Å². The van der Waals surface area contributed by atoms with Gasteiger partial charge in [0.25, 0.3) is 0 Å². The summed E-state index contributed by atoms with van der Waals surface area (Å²) in [6.45, 7) is 14.1. The van der Waals surface area contributed by atoms with Crippen molar-refractivity contribution in [1.82, 2.24) is 0 Å². The molecule has 2 rings (SSSR count). The molecule has 0 saturated heterocycles. The molecule has 124 valence electrons. The highest BCUT2D eigenvalue weighted by atomic mass is 28.3. The number of hydrogen-bond donors (Lipinski definition) is 0. The molecule has 2 nitrogen and oxygen atoms in total. The van der Waals surface area contributed by atoms with Gasteiger partial charge in [0.2, 0.25) is 0 Å². The lowest BCUT2D eigenvalue weighted by Gasteiger charge is -2.40. The summed E-state index contributed by atoms with van der Waals surface area (Å²) in [6, 6.07) is 0. The molecule has 0 atom stereocenters. The highest BCUT2D eigenvalue weighted by Gasteiger charge is 2.43. The third kappa shape index (κ3) is 2.97. The second-order valence-corrected chi connectivity index (χ2v) is 13.6. The van der Waals surface area contributed by atoms with E-state index in [1.807, 2.05) is 0 Å². The largest absolute Gasteiger partial charge is 0.424 e. The first-order valence-corrected chi connectivity index (χ1v) is 11.3. The van der Waals surface area contributed by atoms with Gasteiger partial charge in [-0.2, -0.15) is 0 Å². The molecule has 1 aliphatic heterocycles. The molecular weight excluding hydrogens is 288 g/mol. The molecule has 0 fully saturated rings. The summed E-state index contributed by atoms with van der Waals surface area (Å²) in [6.07, 6.45) is 5.47. The Morgan fingerprint density at radius 1 is 0.864 bits per heavy atom. The zero-order valence-electron chi connectivity index (χ0n) is 15.2. The zero-order chi connectivity index (χ0) is 16.5. The monoisotopic (exact) mass is 320 g/mol. The van der Waals surface area contributed by atoms with E-state index in [1.54, 1.807) is 0 Å². The van der Waals surface area contributed by atoms with Gasteiger partial charge in [-0.15, -0.1) is 0 Å². The first-order chi connectivity index (χ1) is 10.3. The summed E-state index contributed by atoms with van der Waals surface area (Å²) in [5, 5.41) is 0. The molecule has 0 unspecified atom stereocenters. The lowest BCUT2D eigenvalue weighted by molar-refractivity contribution is -0.133. The van der Waals surface area contributed by atoms with Crippen molar-refractivity contribution in [2.24, 2.45) is 0 Å². The molecule has 0 N–H and O–H groups in total. The minimum absolute atomic E-state index is 0.0673. The van der Waals surface area contributed by atoms with Crippen molar-refractivity contribution in [1.29, 1.82) is 0 Å². The Morgan fingerprint density at radius 2 is 1.36 bits per heavy atom. The third-order valence-electron chi connectivity index (χ3n) is 5.85. The molecule has 0 saturated carbocycles. The Labute approximate surface area is 137 Å². The smallest absolute Gasteiger partial charge is 0.339 e. The van der Waals surface area contributed by atoms with Crippen LogP contribution in [0.3, 0.4) is 0 Å². The predicted molar refractivity (Wildman–Crippen MR) is 95.3 cm³/mol. The van der Waals surface area contributed by atoms with Crippen LogP contribution < -0.4 is 0 Å². The van der Waals surface area contributed by atoms with E-state index in [0.29, 0.717) is 16.6 Å². The topological polar surface area (TPSA) is 26.3 Å². The van der Waals surface area contributed by atoms with E-state index in [4.69, 9.17) is 4.74 Å². The van der Waals surface area contributed by atoms with Crippen LogP contribution in [0.2, 0.25) is 16.6 Å². The Bertz CT molecular complexity index is 476. The summed E-state index contributed by atoms with van der Waals surface area (Å²) in [7, 11) is -1.69. The fourth-order valence-corrected chi connectivity index (χ4v) is 10.3. The average Bonchev–Trinajstić information content (AvgIpc) is 2.62. The highest BCUT2D eigenvalue weighted by molar-refractivity contribution is 6.88. The highest BCUT2D eigenvalue weighted by Crippen LogP contribution is 2.45. The van der Waals surface area contributed by atoms with E-state index in [-0.39, 0.29) is 5.97 Å². The van der Waals surface area contributed by atoms with Gasteiger partial charge in [0, 0.05) is 11.1 Å². The molecule has 0 spiro atoms. The maximum absolute atomic E-state index is 12.3. The Hall–Kier alpha value is -0.833. The molecule has 1 aliphatic carbocycles. The van der Waals surface area contributed by atoms with Gasteiger partial charge >= 0.3 is 5.97 Å². The molecule has 0 amide bonds. The quantitative estimate of drug-likeness (QED) is 0.476. The summed E-state index contributed by atoms with van der Waals surface area (Å²) < 4.78 is 5.75. The van der Waals surface area contributed by atoms with E-state index < -0.39 is 8.07 Å². The van der Waals surface area contributed by atoms with E-state index in [2.05, 4.69) is 47.2 Å². The molecule has 2 aliphatic rings. The van der Waals surface area contributed by atoms with Gasteiger partial charge in [0.15, 0.2) is 0 Å². The van der Waals surface area contributed by atoms with Crippen LogP contribution in [0, 0.1) is 0 Å². The maximum Gasteiger partial charge on any atom is 0.339 e. The lowest BCUT2D eigenvalue weighted by Crippen LogP contribution is -2.43. The standard InChI is InChI=1S/C19H32O2Si/c1-13(2)22(14(3)4,15(5)6)12-18-16-10-8-7-9-11-17(16)19(20)21-18/h12-15H,7-11H2,1-6H3/b18-12-. The third-order valence-corrected chi connectivity index (χ3v) is 12.6. The van der Waals surface area contributed by atoms with Crippen LogP contribution in [0.4, 0.5) is 0 Å². The normalized spacial score (nSPS) is 21.9. The van der Waals surface area contributed by atoms with Crippen molar-refractivity contribution in [3.63, 3.8) is 0 Å². The molecular formula is C19H32O2Si. The van der Waals surface area contributed by atoms with Crippen molar-refractivity contribution in [2.75, 3.05) is 0 Å². The van der Waals surface area contributed by atoms with Crippen LogP contribution in [0.15, 0.2) is 22.6 Å². The minimum Gasteiger partial charge on any atom is -0.424 e. The van der Waals surface area contributed by atoms with Gasteiger partial charge in [-0.3, -0.25) is 0 Å². The lowest BCUT2D eigenvalue weighted by atomic mass is 10.1. The maximum atomic E-state index is 12.3. The summed E-state index contributed by atoms with van der Waals surface area (Å²) in [5.41, 5.74) is 6.60. The Balaban J connectivity index is 2.49. The number of carbonyl (C=O) groups excluding carboxylic acids is 1. The van der Waals surface area contributed by atoms with Crippen LogP contribution >= 0.6 is 0 Å². The number of esters is 1. The zero-order valence-corrected chi connectivity index (χ0v) is 16.2. The number of hydrogen-bond acceptors (Lipinski definition) is 2. The first-order valence-electron chi connectivity index (χ1n) is 8.98. The van der Waals surface area contributed by atoms with Gasteiger partial charge in [-0.05, 0) is 42.3 Å². The van der Waals surface area contributed by atoms with Gasteiger partial charge in [0.05, 0.1) is 8.07 Å². The van der Waals surface area contributed by atoms with E-state index in [0.717, 1.165) is 30.6 Å². The average molecular weight is 321 g/mol. The number of rotatable bonds is 4. The van der Waals surface area contributed by atoms with Crippen LogP contribution in [0.1, 0.15) is 73.6 Å². The van der Waals surface area contributed by atoms with Gasteiger partial charge in [-0.25, -0.2) is 4.79 Å². The molecule has 1 heterocycles. The molecule has 3 heteroatoms. The number of allylic oxidation sites excluding steroid dienone is 1. The van der Waals surface area contributed by atoms with Crippen molar-refractivity contribution in [3.05, 3.63) is 22.6 Å². The Kier molecular flexibility index (Phi) is 5.36. The van der Waals surface area contributed by atoms with Crippen molar-refractivity contribution in [3.8, 4) is 0 Å². The number of ether oxygens (including phenoxy) is 1. The minimum atomic E-state index is -1.69. The fraction of sp³-hybridized carbons (Fsp3) is 0.737. The van der Waals surface area contributed by atoms with Gasteiger partial charge < -0.3 is 4.74 Å². The Morgan fingerprint density at radius 3 is 1.86 bits per heavy atom. The van der Waals surface area contributed by atoms with E-state index in [9.17, 15) is 4.79 Å². The van der Waals surface area contributed by atoms with Crippen LogP contribution in [-0.2, 0) is 9.53 Å². The predicted octanol–water partition coefficient (Wildman–Crippen LogP) is 5.91.